The number of hydrogen-bond acceptors (Lipinski definition) is 2. The third-order valence-electron chi connectivity index (χ3n) is 2.48. The summed E-state index contributed by atoms with van der Waals surface area (Å²) in [7, 11) is 0. The number of nitrogens with one attached hydrogen (secondary N) is 1. The number of halogens is 1. The molecule has 0 spiro atoms. The SMILES string of the molecule is CC(CN1CCCC1)NC(=O)C(C)Br. The zero-order valence-electron chi connectivity index (χ0n) is 8.92. The van der Waals surface area contributed by atoms with E-state index >= 15 is 0 Å². The highest BCUT2D eigenvalue weighted by atomic mass is 79.9. The summed E-state index contributed by atoms with van der Waals surface area (Å²) < 4.78 is 0. The summed E-state index contributed by atoms with van der Waals surface area (Å²) in [5.41, 5.74) is 0. The zero-order valence-corrected chi connectivity index (χ0v) is 10.5. The van der Waals surface area contributed by atoms with Crippen molar-refractivity contribution in [2.24, 2.45) is 0 Å². The minimum absolute atomic E-state index is 0.0803. The van der Waals surface area contributed by atoms with E-state index in [0.717, 1.165) is 6.54 Å². The van der Waals surface area contributed by atoms with Gasteiger partial charge in [0, 0.05) is 12.6 Å². The third-order valence-corrected chi connectivity index (χ3v) is 2.90. The van der Waals surface area contributed by atoms with Crippen molar-refractivity contribution in [1.82, 2.24) is 10.2 Å². The van der Waals surface area contributed by atoms with Crippen LogP contribution in [0.25, 0.3) is 0 Å². The van der Waals surface area contributed by atoms with Crippen molar-refractivity contribution in [2.75, 3.05) is 19.6 Å². The van der Waals surface area contributed by atoms with Crippen LogP contribution >= 0.6 is 15.9 Å². The molecule has 0 aliphatic carbocycles. The fourth-order valence-electron chi connectivity index (χ4n) is 1.76. The van der Waals surface area contributed by atoms with E-state index in [4.69, 9.17) is 0 Å². The Morgan fingerprint density at radius 2 is 2.00 bits per heavy atom. The van der Waals surface area contributed by atoms with Crippen LogP contribution in [0.4, 0.5) is 0 Å². The van der Waals surface area contributed by atoms with Gasteiger partial charge >= 0.3 is 0 Å². The molecule has 2 unspecified atom stereocenters. The Bertz CT molecular complexity index is 191. The summed E-state index contributed by atoms with van der Waals surface area (Å²) in [6, 6.07) is 0.251. The predicted octanol–water partition coefficient (Wildman–Crippen LogP) is 1.37. The summed E-state index contributed by atoms with van der Waals surface area (Å²) in [6.07, 6.45) is 2.60. The maximum Gasteiger partial charge on any atom is 0.233 e. The number of carbonyl (C=O) groups is 1. The largest absolute Gasteiger partial charge is 0.351 e. The first kappa shape index (κ1) is 12.0. The molecule has 1 heterocycles. The summed E-state index contributed by atoms with van der Waals surface area (Å²) in [5, 5.41) is 2.98. The maximum atomic E-state index is 11.4. The smallest absolute Gasteiger partial charge is 0.233 e. The van der Waals surface area contributed by atoms with Gasteiger partial charge in [-0.2, -0.15) is 0 Å². The molecule has 0 saturated carbocycles. The fraction of sp³-hybridized carbons (Fsp3) is 0.900. The fourth-order valence-corrected chi connectivity index (χ4v) is 1.89. The minimum atomic E-state index is -0.0940. The molecule has 1 N–H and O–H groups in total. The molecule has 1 fully saturated rings. The minimum Gasteiger partial charge on any atom is -0.351 e. The topological polar surface area (TPSA) is 32.3 Å². The van der Waals surface area contributed by atoms with Crippen LogP contribution in [-0.2, 0) is 4.79 Å². The molecule has 0 aromatic heterocycles. The van der Waals surface area contributed by atoms with Crippen molar-refractivity contribution in [2.45, 2.75) is 37.6 Å². The van der Waals surface area contributed by atoms with E-state index < -0.39 is 0 Å². The molecular formula is C10H19BrN2O. The monoisotopic (exact) mass is 262 g/mol. The highest BCUT2D eigenvalue weighted by molar-refractivity contribution is 9.10. The number of nitrogens with zero attached hydrogens (tertiary/aromatic N) is 1. The Morgan fingerprint density at radius 1 is 1.43 bits per heavy atom. The first-order chi connectivity index (χ1) is 6.59. The van der Waals surface area contributed by atoms with E-state index in [0.29, 0.717) is 0 Å². The number of rotatable bonds is 4. The molecule has 3 nitrogen and oxygen atoms in total. The first-order valence-electron chi connectivity index (χ1n) is 5.26. The van der Waals surface area contributed by atoms with Gasteiger partial charge < -0.3 is 10.2 Å². The van der Waals surface area contributed by atoms with Gasteiger partial charge in [-0.1, -0.05) is 15.9 Å². The Morgan fingerprint density at radius 3 is 2.50 bits per heavy atom. The molecule has 14 heavy (non-hydrogen) atoms. The molecule has 0 bridgehead atoms. The van der Waals surface area contributed by atoms with Crippen LogP contribution in [-0.4, -0.2) is 41.3 Å². The number of amides is 1. The number of likely N-dealkylation sites (tertiary alicyclic amines) is 1. The van der Waals surface area contributed by atoms with Gasteiger partial charge in [-0.05, 0) is 39.8 Å². The van der Waals surface area contributed by atoms with Crippen LogP contribution in [0.1, 0.15) is 26.7 Å². The van der Waals surface area contributed by atoms with Crippen molar-refractivity contribution in [3.05, 3.63) is 0 Å². The zero-order chi connectivity index (χ0) is 10.6. The molecule has 0 radical (unpaired) electrons. The van der Waals surface area contributed by atoms with Gasteiger partial charge in [0.15, 0.2) is 0 Å². The molecule has 4 heteroatoms. The summed E-state index contributed by atoms with van der Waals surface area (Å²) >= 11 is 3.26. The Kier molecular flexibility index (Phi) is 4.89. The Balaban J connectivity index is 2.20. The van der Waals surface area contributed by atoms with Gasteiger partial charge in [0.25, 0.3) is 0 Å². The maximum absolute atomic E-state index is 11.4. The van der Waals surface area contributed by atoms with Crippen LogP contribution < -0.4 is 5.32 Å². The molecule has 0 aromatic carbocycles. The first-order valence-corrected chi connectivity index (χ1v) is 6.18. The lowest BCUT2D eigenvalue weighted by atomic mass is 10.3. The third kappa shape index (κ3) is 3.96. The van der Waals surface area contributed by atoms with Gasteiger partial charge in [-0.3, -0.25) is 4.79 Å². The normalized spacial score (nSPS) is 21.9. The van der Waals surface area contributed by atoms with Crippen LogP contribution in [0.2, 0.25) is 0 Å². The second-order valence-corrected chi connectivity index (χ2v) is 5.41. The quantitative estimate of drug-likeness (QED) is 0.777. The second kappa shape index (κ2) is 5.71. The van der Waals surface area contributed by atoms with E-state index in [1.54, 1.807) is 0 Å². The summed E-state index contributed by atoms with van der Waals surface area (Å²) in [4.78, 5) is 13.7. The van der Waals surface area contributed by atoms with Crippen LogP contribution in [0, 0.1) is 0 Å². The molecule has 1 aliphatic rings. The molecule has 0 aromatic rings. The van der Waals surface area contributed by atoms with Gasteiger partial charge in [-0.15, -0.1) is 0 Å². The lowest BCUT2D eigenvalue weighted by Gasteiger charge is -2.21. The lowest BCUT2D eigenvalue weighted by Crippen LogP contribution is -2.43. The second-order valence-electron chi connectivity index (χ2n) is 4.03. The molecule has 1 rings (SSSR count). The molecule has 2 atom stereocenters. The van der Waals surface area contributed by atoms with Gasteiger partial charge in [0.05, 0.1) is 4.83 Å². The number of alkyl halides is 1. The van der Waals surface area contributed by atoms with Gasteiger partial charge in [0.1, 0.15) is 0 Å². The number of carbonyl (C=O) groups excluding carboxylic acids is 1. The standard InChI is InChI=1S/C10H19BrN2O/c1-8(12-10(14)9(2)11)7-13-5-3-4-6-13/h8-9H,3-7H2,1-2H3,(H,12,14). The highest BCUT2D eigenvalue weighted by Gasteiger charge is 2.17. The van der Waals surface area contributed by atoms with E-state index in [1.165, 1.54) is 25.9 Å². The Hall–Kier alpha value is -0.0900. The van der Waals surface area contributed by atoms with Crippen LogP contribution in [0.15, 0.2) is 0 Å². The van der Waals surface area contributed by atoms with E-state index in [-0.39, 0.29) is 16.8 Å². The number of hydrogen-bond donors (Lipinski definition) is 1. The van der Waals surface area contributed by atoms with Crippen molar-refractivity contribution in [3.8, 4) is 0 Å². The van der Waals surface area contributed by atoms with Crippen molar-refractivity contribution in [1.29, 1.82) is 0 Å². The lowest BCUT2D eigenvalue weighted by molar-refractivity contribution is -0.120. The van der Waals surface area contributed by atoms with Crippen molar-refractivity contribution < 1.29 is 4.79 Å². The van der Waals surface area contributed by atoms with E-state index in [1.807, 2.05) is 6.92 Å². The average molecular weight is 263 g/mol. The Labute approximate surface area is 94.4 Å². The van der Waals surface area contributed by atoms with E-state index in [9.17, 15) is 4.79 Å². The van der Waals surface area contributed by atoms with Crippen LogP contribution in [0.5, 0.6) is 0 Å². The molecule has 1 saturated heterocycles. The van der Waals surface area contributed by atoms with Crippen molar-refractivity contribution >= 4 is 21.8 Å². The van der Waals surface area contributed by atoms with Crippen molar-refractivity contribution in [3.63, 3.8) is 0 Å². The molecule has 1 aliphatic heterocycles. The highest BCUT2D eigenvalue weighted by Crippen LogP contribution is 2.07. The average Bonchev–Trinajstić information content (AvgIpc) is 2.56. The summed E-state index contributed by atoms with van der Waals surface area (Å²) in [5.74, 6) is 0.0803. The van der Waals surface area contributed by atoms with E-state index in [2.05, 4.69) is 33.1 Å². The van der Waals surface area contributed by atoms with Gasteiger partial charge in [0.2, 0.25) is 5.91 Å². The molecule has 82 valence electrons. The predicted molar refractivity (Wildman–Crippen MR) is 61.7 cm³/mol. The van der Waals surface area contributed by atoms with Gasteiger partial charge in [-0.25, -0.2) is 0 Å². The van der Waals surface area contributed by atoms with Crippen LogP contribution in [0.3, 0.4) is 0 Å². The molecular weight excluding hydrogens is 244 g/mol. The summed E-state index contributed by atoms with van der Waals surface area (Å²) in [6.45, 7) is 7.25. The molecule has 1 amide bonds.